The van der Waals surface area contributed by atoms with E-state index in [2.05, 4.69) is 41.0 Å². The first-order chi connectivity index (χ1) is 20.2. The van der Waals surface area contributed by atoms with Crippen molar-refractivity contribution < 1.29 is 24.7 Å². The van der Waals surface area contributed by atoms with Gasteiger partial charge in [-0.1, -0.05) is 68.9 Å². The molecule has 1 heterocycles. The smallest absolute Gasteiger partial charge is 0.0978 e. The summed E-state index contributed by atoms with van der Waals surface area (Å²) in [5.74, 6) is 0.919. The van der Waals surface area contributed by atoms with Crippen LogP contribution in [0.2, 0.25) is 0 Å². The minimum Gasteiger partial charge on any atom is -0.333 e. The number of fused-ring (bicyclic) bond motifs is 1. The molecule has 219 valence electrons. The minimum atomic E-state index is -2.28. The van der Waals surface area contributed by atoms with E-state index >= 15 is 0 Å². The summed E-state index contributed by atoms with van der Waals surface area (Å²) in [6.07, 6.45) is 12.5. The molecule has 0 aliphatic heterocycles. The van der Waals surface area contributed by atoms with Crippen LogP contribution in [-0.2, 0) is 24.7 Å². The predicted molar refractivity (Wildman–Crippen MR) is 172 cm³/mol. The third-order valence-corrected chi connectivity index (χ3v) is 13.1. The molecule has 0 unspecified atom stereocenters. The van der Waals surface area contributed by atoms with Crippen LogP contribution in [-0.4, -0.2) is 20.9 Å². The van der Waals surface area contributed by atoms with Crippen molar-refractivity contribution in [2.24, 2.45) is 0 Å². The van der Waals surface area contributed by atoms with Crippen molar-refractivity contribution in [3.8, 4) is 17.1 Å². The molecule has 2 aliphatic rings. The normalized spacial score (nSPS) is 16.3. The monoisotopic (exact) mass is 751 g/mol. The van der Waals surface area contributed by atoms with E-state index in [9.17, 15) is 4.57 Å². The zero-order valence-corrected chi connectivity index (χ0v) is 27.4. The largest absolute Gasteiger partial charge is 0.333 e. The standard InChI is InChI=1S/C19H13N2.C18H26OP.Ir/c1-3-9-15(10-4-1)19-20-17-13-7-8-14-18(17)21(19)16-11-5-2-6-12-16;19-20(16-10-4-1-5-11-16,17-12-6-2-7-13-17)18-14-8-3-9-15-18;/h1-9,11-14H;1,4-5,10,17-18H,2-3,6-9,12-15H2;/q2*-1;. The maximum absolute atomic E-state index is 14.1. The summed E-state index contributed by atoms with van der Waals surface area (Å²) in [5, 5.41) is 1.05. The number of benzene rings is 4. The van der Waals surface area contributed by atoms with Crippen molar-refractivity contribution in [3.63, 3.8) is 0 Å². The van der Waals surface area contributed by atoms with E-state index in [1.54, 1.807) is 0 Å². The van der Waals surface area contributed by atoms with Gasteiger partial charge in [-0.2, -0.15) is 30.3 Å². The van der Waals surface area contributed by atoms with E-state index in [4.69, 9.17) is 4.98 Å². The molecular weight excluding hydrogens is 712 g/mol. The molecule has 3 nitrogen and oxygen atoms in total. The second kappa shape index (κ2) is 14.6. The van der Waals surface area contributed by atoms with Crippen LogP contribution >= 0.6 is 7.14 Å². The Morgan fingerprint density at radius 1 is 0.643 bits per heavy atom. The number of hydrogen-bond donors (Lipinski definition) is 0. The molecule has 4 aromatic carbocycles. The van der Waals surface area contributed by atoms with Crippen molar-refractivity contribution in [1.29, 1.82) is 0 Å². The third-order valence-electron chi connectivity index (χ3n) is 8.83. The van der Waals surface area contributed by atoms with Gasteiger partial charge in [-0.05, 0) is 49.9 Å². The van der Waals surface area contributed by atoms with Gasteiger partial charge in [0.1, 0.15) is 0 Å². The number of para-hydroxylation sites is 3. The second-order valence-electron chi connectivity index (χ2n) is 11.4. The quantitative estimate of drug-likeness (QED) is 0.133. The van der Waals surface area contributed by atoms with Crippen LogP contribution < -0.4 is 5.30 Å². The molecule has 0 atom stereocenters. The molecule has 5 aromatic rings. The Balaban J connectivity index is 0.000000164. The van der Waals surface area contributed by atoms with E-state index in [0.29, 0.717) is 11.3 Å². The molecule has 0 N–H and O–H groups in total. The Morgan fingerprint density at radius 2 is 1.21 bits per heavy atom. The maximum atomic E-state index is 14.1. The number of imidazole rings is 1. The minimum absolute atomic E-state index is 0. The van der Waals surface area contributed by atoms with Gasteiger partial charge in [-0.3, -0.25) is 4.98 Å². The summed E-state index contributed by atoms with van der Waals surface area (Å²) in [6, 6.07) is 41.2. The van der Waals surface area contributed by atoms with Gasteiger partial charge < -0.3 is 9.13 Å². The third kappa shape index (κ3) is 6.57. The van der Waals surface area contributed by atoms with Crippen molar-refractivity contribution in [2.75, 3.05) is 0 Å². The van der Waals surface area contributed by atoms with Crippen LogP contribution in [0.4, 0.5) is 0 Å². The summed E-state index contributed by atoms with van der Waals surface area (Å²) in [4.78, 5) is 4.79. The van der Waals surface area contributed by atoms with Gasteiger partial charge >= 0.3 is 0 Å². The Morgan fingerprint density at radius 3 is 1.81 bits per heavy atom. The number of aromatic nitrogens is 2. The molecule has 2 aliphatic carbocycles. The summed E-state index contributed by atoms with van der Waals surface area (Å²) in [5.41, 5.74) is 5.09. The molecule has 42 heavy (non-hydrogen) atoms. The molecule has 0 bridgehead atoms. The Hall–Kier alpha value is -2.77. The van der Waals surface area contributed by atoms with Crippen LogP contribution in [0.25, 0.3) is 28.1 Å². The first-order valence-corrected chi connectivity index (χ1v) is 17.2. The van der Waals surface area contributed by atoms with Crippen LogP contribution in [0.1, 0.15) is 64.2 Å². The Bertz CT molecular complexity index is 1550. The van der Waals surface area contributed by atoms with E-state index < -0.39 is 7.14 Å². The number of hydrogen-bond acceptors (Lipinski definition) is 2. The molecule has 2 saturated carbocycles. The Kier molecular flexibility index (Phi) is 10.7. The zero-order valence-electron chi connectivity index (χ0n) is 24.1. The van der Waals surface area contributed by atoms with Crippen LogP contribution in [0.5, 0.6) is 0 Å². The van der Waals surface area contributed by atoms with Crippen LogP contribution in [0, 0.1) is 12.1 Å². The topological polar surface area (TPSA) is 34.9 Å². The predicted octanol–water partition coefficient (Wildman–Crippen LogP) is 9.63. The summed E-state index contributed by atoms with van der Waals surface area (Å²) in [7, 11) is -2.28. The van der Waals surface area contributed by atoms with E-state index in [1.165, 1.54) is 64.2 Å². The summed E-state index contributed by atoms with van der Waals surface area (Å²) < 4.78 is 16.3. The van der Waals surface area contributed by atoms with Crippen molar-refractivity contribution in [3.05, 3.63) is 115 Å². The zero-order chi connectivity index (χ0) is 27.9. The fourth-order valence-electron chi connectivity index (χ4n) is 6.80. The van der Waals surface area contributed by atoms with Crippen LogP contribution in [0.15, 0.2) is 103 Å². The molecule has 0 spiro atoms. The van der Waals surface area contributed by atoms with Crippen molar-refractivity contribution >= 4 is 23.5 Å². The summed E-state index contributed by atoms with van der Waals surface area (Å²) >= 11 is 0. The molecule has 1 radical (unpaired) electrons. The second-order valence-corrected chi connectivity index (χ2v) is 14.8. The van der Waals surface area contributed by atoms with Crippen molar-refractivity contribution in [2.45, 2.75) is 75.5 Å². The average molecular weight is 751 g/mol. The molecule has 2 fully saturated rings. The molecule has 0 saturated heterocycles. The average Bonchev–Trinajstić information content (AvgIpc) is 3.47. The van der Waals surface area contributed by atoms with Gasteiger partial charge in [-0.15, -0.1) is 41.2 Å². The van der Waals surface area contributed by atoms with Gasteiger partial charge in [-0.25, -0.2) is 0 Å². The fourth-order valence-corrected chi connectivity index (χ4v) is 11.0. The van der Waals surface area contributed by atoms with E-state index in [-0.39, 0.29) is 20.1 Å². The van der Waals surface area contributed by atoms with Gasteiger partial charge in [0.25, 0.3) is 0 Å². The first-order valence-electron chi connectivity index (χ1n) is 15.3. The first kappa shape index (κ1) is 30.7. The SMILES string of the molecule is O=P(c1[c-]cccc1)(C1CCCCC1)C1CCCCC1.[Ir].[c-]1ccccc1-c1nc2ccccc2n1-c1ccccc1. The number of nitrogens with zero attached hydrogens (tertiary/aromatic N) is 2. The summed E-state index contributed by atoms with van der Waals surface area (Å²) in [6.45, 7) is 0. The van der Waals surface area contributed by atoms with E-state index in [1.807, 2.05) is 78.9 Å². The molecule has 0 amide bonds. The molecule has 7 rings (SSSR count). The van der Waals surface area contributed by atoms with Gasteiger partial charge in [0.15, 0.2) is 0 Å². The fraction of sp³-hybridized carbons (Fsp3) is 0.324. The number of rotatable bonds is 5. The van der Waals surface area contributed by atoms with Crippen molar-refractivity contribution in [1.82, 2.24) is 9.55 Å². The molecular formula is C37H39IrN2OP-2. The van der Waals surface area contributed by atoms with E-state index in [0.717, 1.165) is 33.4 Å². The van der Waals surface area contributed by atoms with Gasteiger partial charge in [0.2, 0.25) is 0 Å². The van der Waals surface area contributed by atoms with Gasteiger partial charge in [0, 0.05) is 37.1 Å². The van der Waals surface area contributed by atoms with Crippen LogP contribution in [0.3, 0.4) is 0 Å². The van der Waals surface area contributed by atoms with Gasteiger partial charge in [0.05, 0.1) is 24.0 Å². The Labute approximate surface area is 264 Å². The molecule has 5 heteroatoms. The molecule has 1 aromatic heterocycles. The maximum Gasteiger partial charge on any atom is 0.0978 e.